The summed E-state index contributed by atoms with van der Waals surface area (Å²) >= 11 is 0. The molecule has 0 saturated heterocycles. The monoisotopic (exact) mass is 382 g/mol. The highest BCUT2D eigenvalue weighted by Gasteiger charge is 2.17. The first-order chi connectivity index (χ1) is 13.4. The van der Waals surface area contributed by atoms with Crippen LogP contribution in [-0.2, 0) is 0 Å². The smallest absolute Gasteiger partial charge is 0.137 e. The van der Waals surface area contributed by atoms with E-state index in [4.69, 9.17) is 5.73 Å². The fourth-order valence-electron chi connectivity index (χ4n) is 2.97. The number of halogens is 2. The molecular weight excluding hydrogens is 358 g/mol. The number of nitrogens with two attached hydrogens (primary N) is 1. The molecule has 0 spiro atoms. The Morgan fingerprint density at radius 2 is 2.11 bits per heavy atom. The van der Waals surface area contributed by atoms with Crippen LogP contribution in [0.3, 0.4) is 0 Å². The maximum Gasteiger partial charge on any atom is 0.137 e. The molecule has 1 aliphatic heterocycles. The normalized spacial score (nSPS) is 17.2. The summed E-state index contributed by atoms with van der Waals surface area (Å²) in [4.78, 5) is 8.35. The highest BCUT2D eigenvalue weighted by Crippen LogP contribution is 2.30. The van der Waals surface area contributed by atoms with E-state index in [1.54, 1.807) is 24.6 Å². The Kier molecular flexibility index (Phi) is 7.21. The predicted octanol–water partition coefficient (Wildman–Crippen LogP) is 4.65. The van der Waals surface area contributed by atoms with Gasteiger partial charge in [0.1, 0.15) is 23.3 Å². The van der Waals surface area contributed by atoms with E-state index in [2.05, 4.69) is 21.9 Å². The lowest BCUT2D eigenvalue weighted by molar-refractivity contribution is 0.581. The van der Waals surface area contributed by atoms with Crippen LogP contribution in [0.25, 0.3) is 5.57 Å². The molecule has 0 amide bonds. The van der Waals surface area contributed by atoms with Crippen LogP contribution in [0, 0.1) is 11.6 Å². The molecule has 0 fully saturated rings. The van der Waals surface area contributed by atoms with E-state index in [1.807, 2.05) is 19.9 Å². The van der Waals surface area contributed by atoms with Gasteiger partial charge in [-0.25, -0.2) is 13.8 Å². The van der Waals surface area contributed by atoms with Crippen LogP contribution >= 0.6 is 0 Å². The Balaban J connectivity index is 2.54. The van der Waals surface area contributed by atoms with Crippen LogP contribution in [0.1, 0.15) is 25.8 Å². The van der Waals surface area contributed by atoms with Gasteiger partial charge in [0.2, 0.25) is 0 Å². The van der Waals surface area contributed by atoms with Gasteiger partial charge >= 0.3 is 0 Å². The molecule has 1 aliphatic rings. The minimum atomic E-state index is -0.686. The van der Waals surface area contributed by atoms with Crippen molar-refractivity contribution in [2.45, 2.75) is 20.3 Å². The maximum absolute atomic E-state index is 14.4. The minimum absolute atomic E-state index is 0.183. The van der Waals surface area contributed by atoms with E-state index in [9.17, 15) is 8.78 Å². The van der Waals surface area contributed by atoms with Crippen molar-refractivity contribution in [1.82, 2.24) is 5.32 Å². The van der Waals surface area contributed by atoms with Crippen molar-refractivity contribution in [3.63, 3.8) is 0 Å². The van der Waals surface area contributed by atoms with Crippen molar-refractivity contribution in [2.75, 3.05) is 7.05 Å². The second kappa shape index (κ2) is 9.60. The third-order valence-corrected chi connectivity index (χ3v) is 4.34. The number of rotatable bonds is 6. The quantitative estimate of drug-likeness (QED) is 0.556. The Morgan fingerprint density at radius 1 is 1.36 bits per heavy atom. The number of aliphatic imine (C=N–C) groups is 2. The van der Waals surface area contributed by atoms with E-state index >= 15 is 0 Å². The number of nitrogens with one attached hydrogen (secondary N) is 1. The van der Waals surface area contributed by atoms with Crippen molar-refractivity contribution in [1.29, 1.82) is 0 Å². The third kappa shape index (κ3) is 4.71. The van der Waals surface area contributed by atoms with Crippen LogP contribution in [-0.4, -0.2) is 19.1 Å². The molecule has 0 unspecified atom stereocenters. The molecule has 0 aliphatic carbocycles. The molecule has 146 valence electrons. The summed E-state index contributed by atoms with van der Waals surface area (Å²) in [7, 11) is 1.53. The summed E-state index contributed by atoms with van der Waals surface area (Å²) in [5.41, 5.74) is 9.28. The van der Waals surface area contributed by atoms with Gasteiger partial charge < -0.3 is 11.1 Å². The number of hydrogen-bond acceptors (Lipinski definition) is 3. The first-order valence-electron chi connectivity index (χ1n) is 8.78. The van der Waals surface area contributed by atoms with E-state index in [0.717, 1.165) is 22.8 Å². The molecule has 1 aromatic rings. The fraction of sp³-hybridized carbons (Fsp3) is 0.182. The lowest BCUT2D eigenvalue weighted by Gasteiger charge is -2.17. The average molecular weight is 382 g/mol. The number of nitrogens with zero attached hydrogens (tertiary/aromatic N) is 2. The van der Waals surface area contributed by atoms with Gasteiger partial charge in [0.25, 0.3) is 0 Å². The molecule has 1 heterocycles. The Labute approximate surface area is 164 Å². The molecule has 0 radical (unpaired) electrons. The highest BCUT2D eigenvalue weighted by molar-refractivity contribution is 6.22. The largest absolute Gasteiger partial charge is 0.383 e. The summed E-state index contributed by atoms with van der Waals surface area (Å²) in [5, 5.41) is 3.09. The van der Waals surface area contributed by atoms with E-state index < -0.39 is 11.6 Å². The Bertz CT molecular complexity index is 947. The van der Waals surface area contributed by atoms with Crippen LogP contribution in [0.15, 0.2) is 81.7 Å². The number of amidine groups is 1. The fourth-order valence-corrected chi connectivity index (χ4v) is 2.97. The average Bonchev–Trinajstić information content (AvgIpc) is 2.70. The Morgan fingerprint density at radius 3 is 2.64 bits per heavy atom. The van der Waals surface area contributed by atoms with E-state index in [-0.39, 0.29) is 11.4 Å². The van der Waals surface area contributed by atoms with Crippen molar-refractivity contribution < 1.29 is 8.78 Å². The van der Waals surface area contributed by atoms with E-state index in [1.165, 1.54) is 19.2 Å². The zero-order valence-electron chi connectivity index (χ0n) is 16.3. The Hall–Kier alpha value is -3.28. The second-order valence-electron chi connectivity index (χ2n) is 6.13. The maximum atomic E-state index is 14.4. The van der Waals surface area contributed by atoms with Gasteiger partial charge in [-0.05, 0) is 44.1 Å². The van der Waals surface area contributed by atoms with Gasteiger partial charge in [0, 0.05) is 42.2 Å². The predicted molar refractivity (Wildman–Crippen MR) is 113 cm³/mol. The SMILES string of the molecule is C=CC(/C(=C\C)C/C(C)=C(/C(N)=NC)c1ccc(F)cc1F)=C1/N=CC=CN1. The van der Waals surface area contributed by atoms with Gasteiger partial charge in [0.05, 0.1) is 0 Å². The number of benzene rings is 1. The highest BCUT2D eigenvalue weighted by atomic mass is 19.1. The van der Waals surface area contributed by atoms with Gasteiger partial charge in [-0.1, -0.05) is 24.3 Å². The summed E-state index contributed by atoms with van der Waals surface area (Å²) in [6.07, 6.45) is 9.39. The second-order valence-corrected chi connectivity index (χ2v) is 6.13. The molecule has 0 saturated carbocycles. The zero-order valence-corrected chi connectivity index (χ0v) is 16.3. The molecule has 28 heavy (non-hydrogen) atoms. The lowest BCUT2D eigenvalue weighted by atomic mass is 9.91. The van der Waals surface area contributed by atoms with Gasteiger partial charge in [-0.3, -0.25) is 4.99 Å². The van der Waals surface area contributed by atoms with Crippen molar-refractivity contribution >= 4 is 17.6 Å². The topological polar surface area (TPSA) is 62.8 Å². The third-order valence-electron chi connectivity index (χ3n) is 4.34. The summed E-state index contributed by atoms with van der Waals surface area (Å²) in [6.45, 7) is 7.64. The first-order valence-corrected chi connectivity index (χ1v) is 8.78. The molecule has 2 rings (SSSR count). The summed E-state index contributed by atoms with van der Waals surface area (Å²) < 4.78 is 27.8. The molecular formula is C22H24F2N4. The molecule has 4 nitrogen and oxygen atoms in total. The van der Waals surface area contributed by atoms with E-state index in [0.29, 0.717) is 17.8 Å². The van der Waals surface area contributed by atoms with Crippen LogP contribution in [0.2, 0.25) is 0 Å². The first kappa shape index (κ1) is 21.0. The van der Waals surface area contributed by atoms with Crippen LogP contribution in [0.4, 0.5) is 8.78 Å². The van der Waals surface area contributed by atoms with Crippen LogP contribution < -0.4 is 11.1 Å². The standard InChI is InChI=1S/C22H24F2N4/c1-5-15(17(6-2)22-27-10-7-11-28-22)12-14(3)20(21(25)26-4)18-9-8-16(23)13-19(18)24/h5-11,13,27H,2,12H2,1,3-4H3,(H2,25,26)/b15-5-,20-14+,22-17-. The molecule has 6 heteroatoms. The lowest BCUT2D eigenvalue weighted by Crippen LogP contribution is -2.17. The molecule has 3 N–H and O–H groups in total. The van der Waals surface area contributed by atoms with Crippen LogP contribution in [0.5, 0.6) is 0 Å². The van der Waals surface area contributed by atoms with Gasteiger partial charge in [-0.2, -0.15) is 0 Å². The molecule has 0 bridgehead atoms. The minimum Gasteiger partial charge on any atom is -0.383 e. The van der Waals surface area contributed by atoms with Crippen molar-refractivity contribution in [3.8, 4) is 0 Å². The van der Waals surface area contributed by atoms with Crippen molar-refractivity contribution in [2.24, 2.45) is 15.7 Å². The summed E-state index contributed by atoms with van der Waals surface area (Å²) in [6, 6.07) is 3.42. The number of hydrogen-bond donors (Lipinski definition) is 2. The summed E-state index contributed by atoms with van der Waals surface area (Å²) in [5.74, 6) is -0.477. The zero-order chi connectivity index (χ0) is 20.7. The molecule has 0 aromatic heterocycles. The molecule has 1 aromatic carbocycles. The van der Waals surface area contributed by atoms with Gasteiger partial charge in [0.15, 0.2) is 0 Å². The molecule has 0 atom stereocenters. The van der Waals surface area contributed by atoms with Gasteiger partial charge in [-0.15, -0.1) is 0 Å². The number of allylic oxidation sites excluding steroid dienone is 6. The van der Waals surface area contributed by atoms with Crippen molar-refractivity contribution in [3.05, 3.63) is 88.9 Å².